The minimum Gasteiger partial charge on any atom is -0.486 e. The zero-order valence-electron chi connectivity index (χ0n) is 9.36. The summed E-state index contributed by atoms with van der Waals surface area (Å²) < 4.78 is 42.3. The summed E-state index contributed by atoms with van der Waals surface area (Å²) in [4.78, 5) is 9.80. The number of benzene rings is 1. The summed E-state index contributed by atoms with van der Waals surface area (Å²) in [6.07, 6.45) is -2.78. The Morgan fingerprint density at radius 3 is 2.61 bits per heavy atom. The Balaban J connectivity index is 3.01. The number of nitro groups is 1. The molecule has 0 heterocycles. The van der Waals surface area contributed by atoms with Crippen LogP contribution >= 0.6 is 11.8 Å². The molecule has 8 heteroatoms. The van der Waals surface area contributed by atoms with E-state index in [1.54, 1.807) is 0 Å². The van der Waals surface area contributed by atoms with Crippen LogP contribution in [0.15, 0.2) is 18.2 Å². The van der Waals surface area contributed by atoms with Crippen LogP contribution in [0.1, 0.15) is 5.56 Å². The van der Waals surface area contributed by atoms with Gasteiger partial charge in [-0.15, -0.1) is 0 Å². The van der Waals surface area contributed by atoms with Gasteiger partial charge >= 0.3 is 11.9 Å². The number of ether oxygens (including phenoxy) is 1. The number of nitro benzene ring substituents is 1. The van der Waals surface area contributed by atoms with Crippen LogP contribution in [-0.4, -0.2) is 23.5 Å². The normalized spacial score (nSPS) is 11.3. The highest BCUT2D eigenvalue weighted by atomic mass is 32.2. The van der Waals surface area contributed by atoms with Crippen molar-refractivity contribution in [2.75, 3.05) is 18.6 Å². The smallest absolute Gasteiger partial charge is 0.416 e. The Morgan fingerprint density at radius 1 is 1.44 bits per heavy atom. The Bertz CT molecular complexity index is 437. The molecule has 0 aromatic heterocycles. The third-order valence-electron chi connectivity index (χ3n) is 2.03. The van der Waals surface area contributed by atoms with Gasteiger partial charge in [0.15, 0.2) is 5.75 Å². The topological polar surface area (TPSA) is 52.4 Å². The maximum absolute atomic E-state index is 12.4. The largest absolute Gasteiger partial charge is 0.486 e. The second-order valence-electron chi connectivity index (χ2n) is 3.28. The lowest BCUT2D eigenvalue weighted by molar-refractivity contribution is -0.386. The molecular weight excluding hydrogens is 271 g/mol. The van der Waals surface area contributed by atoms with Crippen molar-refractivity contribution in [2.45, 2.75) is 6.18 Å². The lowest BCUT2D eigenvalue weighted by Gasteiger charge is -2.09. The quantitative estimate of drug-likeness (QED) is 0.472. The van der Waals surface area contributed by atoms with Crippen molar-refractivity contribution >= 4 is 17.4 Å². The molecule has 18 heavy (non-hydrogen) atoms. The van der Waals surface area contributed by atoms with Crippen molar-refractivity contribution in [1.29, 1.82) is 0 Å². The summed E-state index contributed by atoms with van der Waals surface area (Å²) in [6.45, 7) is 0.202. The summed E-state index contributed by atoms with van der Waals surface area (Å²) >= 11 is 1.47. The van der Waals surface area contributed by atoms with Gasteiger partial charge in [0.05, 0.1) is 17.1 Å². The van der Waals surface area contributed by atoms with Crippen LogP contribution < -0.4 is 4.74 Å². The summed E-state index contributed by atoms with van der Waals surface area (Å²) in [6, 6.07) is 2.22. The molecule has 100 valence electrons. The molecule has 0 bridgehead atoms. The van der Waals surface area contributed by atoms with Crippen LogP contribution in [0.4, 0.5) is 18.9 Å². The second-order valence-corrected chi connectivity index (χ2v) is 4.26. The van der Waals surface area contributed by atoms with Crippen molar-refractivity contribution in [3.63, 3.8) is 0 Å². The molecule has 0 fully saturated rings. The predicted octanol–water partition coefficient (Wildman–Crippen LogP) is 3.36. The molecular formula is C10H10F3NO3S. The maximum atomic E-state index is 12.4. The molecule has 1 rings (SSSR count). The molecule has 1 aromatic carbocycles. The molecule has 0 N–H and O–H groups in total. The second kappa shape index (κ2) is 5.94. The Morgan fingerprint density at radius 2 is 2.11 bits per heavy atom. The first-order chi connectivity index (χ1) is 8.36. The van der Waals surface area contributed by atoms with Gasteiger partial charge in [0.2, 0.25) is 0 Å². The average Bonchev–Trinajstić information content (AvgIpc) is 2.28. The van der Waals surface area contributed by atoms with Gasteiger partial charge in [-0.25, -0.2) is 0 Å². The molecule has 0 radical (unpaired) electrons. The first kappa shape index (κ1) is 14.6. The molecule has 0 spiro atoms. The van der Waals surface area contributed by atoms with Gasteiger partial charge in [0, 0.05) is 11.8 Å². The van der Waals surface area contributed by atoms with E-state index in [2.05, 4.69) is 0 Å². The van der Waals surface area contributed by atoms with E-state index in [-0.39, 0.29) is 12.4 Å². The van der Waals surface area contributed by atoms with Crippen molar-refractivity contribution < 1.29 is 22.8 Å². The molecule has 0 unspecified atom stereocenters. The van der Waals surface area contributed by atoms with Gasteiger partial charge < -0.3 is 4.74 Å². The number of rotatable bonds is 5. The standard InChI is InChI=1S/C10H10F3NO3S/c1-18-5-4-17-9-3-2-7(10(11,12)13)6-8(9)14(15)16/h2-3,6H,4-5H2,1H3. The number of alkyl halides is 3. The third-order valence-corrected chi connectivity index (χ3v) is 2.60. The van der Waals surface area contributed by atoms with E-state index >= 15 is 0 Å². The lowest BCUT2D eigenvalue weighted by Crippen LogP contribution is -2.07. The van der Waals surface area contributed by atoms with Gasteiger partial charge in [0.25, 0.3) is 0 Å². The zero-order valence-corrected chi connectivity index (χ0v) is 10.2. The molecule has 0 aliphatic rings. The number of hydrogen-bond acceptors (Lipinski definition) is 4. The van der Waals surface area contributed by atoms with E-state index < -0.39 is 22.4 Å². The van der Waals surface area contributed by atoms with E-state index in [0.29, 0.717) is 11.8 Å². The van der Waals surface area contributed by atoms with Gasteiger partial charge in [-0.05, 0) is 18.4 Å². The molecule has 0 aliphatic carbocycles. The van der Waals surface area contributed by atoms with Crippen molar-refractivity contribution in [3.05, 3.63) is 33.9 Å². The highest BCUT2D eigenvalue weighted by Crippen LogP contribution is 2.35. The van der Waals surface area contributed by atoms with Crippen LogP contribution in [0.3, 0.4) is 0 Å². The van der Waals surface area contributed by atoms with Crippen LogP contribution in [0.5, 0.6) is 5.75 Å². The van der Waals surface area contributed by atoms with E-state index in [1.165, 1.54) is 11.8 Å². The van der Waals surface area contributed by atoms with Crippen LogP contribution in [0, 0.1) is 10.1 Å². The molecule has 1 aromatic rings. The number of hydrogen-bond donors (Lipinski definition) is 0. The van der Waals surface area contributed by atoms with Gasteiger partial charge in [-0.1, -0.05) is 0 Å². The van der Waals surface area contributed by atoms with Crippen molar-refractivity contribution in [3.8, 4) is 5.75 Å². The highest BCUT2D eigenvalue weighted by molar-refractivity contribution is 7.98. The van der Waals surface area contributed by atoms with Gasteiger partial charge in [0.1, 0.15) is 0 Å². The van der Waals surface area contributed by atoms with Gasteiger partial charge in [-0.3, -0.25) is 10.1 Å². The van der Waals surface area contributed by atoms with Crippen LogP contribution in [-0.2, 0) is 6.18 Å². The molecule has 0 saturated carbocycles. The minimum atomic E-state index is -4.61. The first-order valence-electron chi connectivity index (χ1n) is 4.83. The van der Waals surface area contributed by atoms with Crippen molar-refractivity contribution in [2.24, 2.45) is 0 Å². The monoisotopic (exact) mass is 281 g/mol. The SMILES string of the molecule is CSCCOc1ccc(C(F)(F)F)cc1[N+](=O)[O-]. The van der Waals surface area contributed by atoms with Crippen molar-refractivity contribution in [1.82, 2.24) is 0 Å². The summed E-state index contributed by atoms with van der Waals surface area (Å²) in [5, 5.41) is 10.7. The Hall–Kier alpha value is -1.44. The maximum Gasteiger partial charge on any atom is 0.416 e. The number of nitrogens with zero attached hydrogens (tertiary/aromatic N) is 1. The number of halogens is 3. The fraction of sp³-hybridized carbons (Fsp3) is 0.400. The zero-order chi connectivity index (χ0) is 13.8. The average molecular weight is 281 g/mol. The predicted molar refractivity (Wildman–Crippen MR) is 62.0 cm³/mol. The van der Waals surface area contributed by atoms with E-state index in [1.807, 2.05) is 6.26 Å². The van der Waals surface area contributed by atoms with Gasteiger partial charge in [-0.2, -0.15) is 24.9 Å². The van der Waals surface area contributed by atoms with E-state index in [0.717, 1.165) is 12.1 Å². The highest BCUT2D eigenvalue weighted by Gasteiger charge is 2.33. The molecule has 0 saturated heterocycles. The Kier molecular flexibility index (Phi) is 4.83. The van der Waals surface area contributed by atoms with E-state index in [9.17, 15) is 23.3 Å². The van der Waals surface area contributed by atoms with E-state index in [4.69, 9.17) is 4.74 Å². The molecule has 0 amide bonds. The molecule has 0 atom stereocenters. The minimum absolute atomic E-state index is 0.151. The molecule has 0 aliphatic heterocycles. The number of thioether (sulfide) groups is 1. The lowest BCUT2D eigenvalue weighted by atomic mass is 10.2. The third kappa shape index (κ3) is 3.80. The summed E-state index contributed by atoms with van der Waals surface area (Å²) in [7, 11) is 0. The Labute approximate surface area is 105 Å². The van der Waals surface area contributed by atoms with Crippen LogP contribution in [0.2, 0.25) is 0 Å². The fourth-order valence-corrected chi connectivity index (χ4v) is 1.44. The van der Waals surface area contributed by atoms with Crippen LogP contribution in [0.25, 0.3) is 0 Å². The molecule has 4 nitrogen and oxygen atoms in total. The summed E-state index contributed by atoms with van der Waals surface area (Å²) in [5.74, 6) is 0.445. The summed E-state index contributed by atoms with van der Waals surface area (Å²) in [5.41, 5.74) is -1.74. The first-order valence-corrected chi connectivity index (χ1v) is 6.23. The fourth-order valence-electron chi connectivity index (χ4n) is 1.19.